The minimum Gasteiger partial charge on any atom is -0.444 e. The SMILES string of the molecule is Cc1cn2c(n1)CCC(NC1CN(C(=O)OC(C)(C)C)C1)C2. The summed E-state index contributed by atoms with van der Waals surface area (Å²) in [5.74, 6) is 1.19. The maximum Gasteiger partial charge on any atom is 0.410 e. The molecule has 6 nitrogen and oxygen atoms in total. The standard InChI is InChI=1S/C16H26N4O2/c1-11-7-19-8-12(5-6-14(19)17-11)18-13-9-20(10-13)15(21)22-16(2,3)4/h7,12-13,18H,5-6,8-10H2,1-4H3. The number of rotatable bonds is 2. The third kappa shape index (κ3) is 3.43. The Balaban J connectivity index is 1.44. The van der Waals surface area contributed by atoms with Crippen LogP contribution in [0.15, 0.2) is 6.20 Å². The first kappa shape index (κ1) is 15.3. The number of hydrogen-bond acceptors (Lipinski definition) is 4. The fraction of sp³-hybridized carbons (Fsp3) is 0.750. The summed E-state index contributed by atoms with van der Waals surface area (Å²) >= 11 is 0. The van der Waals surface area contributed by atoms with Crippen molar-refractivity contribution in [2.24, 2.45) is 0 Å². The summed E-state index contributed by atoms with van der Waals surface area (Å²) in [7, 11) is 0. The number of fused-ring (bicyclic) bond motifs is 1. The van der Waals surface area contributed by atoms with E-state index in [0.29, 0.717) is 12.1 Å². The molecule has 0 saturated carbocycles. The smallest absolute Gasteiger partial charge is 0.410 e. The van der Waals surface area contributed by atoms with Crippen LogP contribution in [0.4, 0.5) is 4.79 Å². The van der Waals surface area contributed by atoms with Crippen LogP contribution in [-0.4, -0.2) is 51.3 Å². The normalized spacial score (nSPS) is 22.2. The van der Waals surface area contributed by atoms with Gasteiger partial charge in [-0.15, -0.1) is 0 Å². The molecule has 1 unspecified atom stereocenters. The van der Waals surface area contributed by atoms with Crippen molar-refractivity contribution in [2.75, 3.05) is 13.1 Å². The van der Waals surface area contributed by atoms with Gasteiger partial charge in [-0.25, -0.2) is 9.78 Å². The lowest BCUT2D eigenvalue weighted by Gasteiger charge is -2.42. The Morgan fingerprint density at radius 3 is 2.73 bits per heavy atom. The first-order valence-electron chi connectivity index (χ1n) is 8.07. The van der Waals surface area contributed by atoms with Crippen LogP contribution in [0.5, 0.6) is 0 Å². The van der Waals surface area contributed by atoms with Gasteiger partial charge in [0.05, 0.1) is 5.69 Å². The number of aromatic nitrogens is 2. The molecule has 1 aromatic heterocycles. The molecule has 1 amide bonds. The van der Waals surface area contributed by atoms with E-state index >= 15 is 0 Å². The molecule has 1 saturated heterocycles. The Morgan fingerprint density at radius 1 is 1.32 bits per heavy atom. The van der Waals surface area contributed by atoms with Crippen molar-refractivity contribution in [2.45, 2.75) is 64.8 Å². The van der Waals surface area contributed by atoms with Crippen LogP contribution in [0.1, 0.15) is 38.7 Å². The van der Waals surface area contributed by atoms with E-state index in [1.165, 1.54) is 5.82 Å². The number of likely N-dealkylation sites (tertiary alicyclic amines) is 1. The van der Waals surface area contributed by atoms with E-state index in [1.54, 1.807) is 4.90 Å². The predicted molar refractivity (Wildman–Crippen MR) is 83.8 cm³/mol. The number of carbonyl (C=O) groups excluding carboxylic acids is 1. The van der Waals surface area contributed by atoms with E-state index in [-0.39, 0.29) is 6.09 Å². The van der Waals surface area contributed by atoms with Crippen LogP contribution >= 0.6 is 0 Å². The number of ether oxygens (including phenoxy) is 1. The van der Waals surface area contributed by atoms with Crippen molar-refractivity contribution in [1.82, 2.24) is 19.8 Å². The van der Waals surface area contributed by atoms with Crippen molar-refractivity contribution in [3.63, 3.8) is 0 Å². The molecule has 6 heteroatoms. The lowest BCUT2D eigenvalue weighted by molar-refractivity contribution is 0.00366. The molecule has 2 aliphatic heterocycles. The van der Waals surface area contributed by atoms with Gasteiger partial charge in [0.15, 0.2) is 0 Å². The average molecular weight is 306 g/mol. The largest absolute Gasteiger partial charge is 0.444 e. The highest BCUT2D eigenvalue weighted by atomic mass is 16.6. The minimum atomic E-state index is -0.422. The first-order valence-corrected chi connectivity index (χ1v) is 8.07. The Labute approximate surface area is 131 Å². The van der Waals surface area contributed by atoms with Crippen LogP contribution in [0.2, 0.25) is 0 Å². The highest BCUT2D eigenvalue weighted by Gasteiger charge is 2.35. The summed E-state index contributed by atoms with van der Waals surface area (Å²) in [6.45, 7) is 10.2. The summed E-state index contributed by atoms with van der Waals surface area (Å²) in [6.07, 6.45) is 4.05. The molecule has 0 aromatic carbocycles. The maximum absolute atomic E-state index is 11.9. The van der Waals surface area contributed by atoms with Crippen molar-refractivity contribution in [1.29, 1.82) is 0 Å². The number of carbonyl (C=O) groups is 1. The Morgan fingerprint density at radius 2 is 2.05 bits per heavy atom. The summed E-state index contributed by atoms with van der Waals surface area (Å²) in [6, 6.07) is 0.843. The van der Waals surface area contributed by atoms with Gasteiger partial charge in [0.25, 0.3) is 0 Å². The Hall–Kier alpha value is -1.56. The molecule has 3 rings (SSSR count). The third-order valence-corrected chi connectivity index (χ3v) is 4.12. The second-order valence-electron chi connectivity index (χ2n) is 7.44. The topological polar surface area (TPSA) is 59.4 Å². The van der Waals surface area contributed by atoms with E-state index in [2.05, 4.69) is 21.1 Å². The van der Waals surface area contributed by atoms with E-state index in [0.717, 1.165) is 38.2 Å². The van der Waals surface area contributed by atoms with E-state index in [4.69, 9.17) is 4.74 Å². The number of amides is 1. The van der Waals surface area contributed by atoms with E-state index < -0.39 is 5.60 Å². The monoisotopic (exact) mass is 306 g/mol. The zero-order chi connectivity index (χ0) is 15.9. The van der Waals surface area contributed by atoms with Crippen molar-refractivity contribution in [3.05, 3.63) is 17.7 Å². The molecule has 1 fully saturated rings. The molecule has 1 atom stereocenters. The van der Waals surface area contributed by atoms with Gasteiger partial charge in [0.1, 0.15) is 11.4 Å². The van der Waals surface area contributed by atoms with Crippen LogP contribution in [0.25, 0.3) is 0 Å². The second kappa shape index (κ2) is 5.57. The Kier molecular flexibility index (Phi) is 3.89. The van der Waals surface area contributed by atoms with Gasteiger partial charge in [-0.05, 0) is 34.1 Å². The van der Waals surface area contributed by atoms with Gasteiger partial charge in [0.2, 0.25) is 0 Å². The van der Waals surface area contributed by atoms with E-state index in [1.807, 2.05) is 27.7 Å². The van der Waals surface area contributed by atoms with Gasteiger partial charge in [-0.3, -0.25) is 0 Å². The quantitative estimate of drug-likeness (QED) is 0.904. The summed E-state index contributed by atoms with van der Waals surface area (Å²) in [5.41, 5.74) is 0.671. The van der Waals surface area contributed by atoms with Crippen molar-refractivity contribution in [3.8, 4) is 0 Å². The molecule has 0 radical (unpaired) electrons. The van der Waals surface area contributed by atoms with Gasteiger partial charge >= 0.3 is 6.09 Å². The third-order valence-electron chi connectivity index (χ3n) is 4.12. The summed E-state index contributed by atoms with van der Waals surface area (Å²) in [5, 5.41) is 3.66. The van der Waals surface area contributed by atoms with Crippen LogP contribution in [0.3, 0.4) is 0 Å². The Bertz CT molecular complexity index is 555. The molecular formula is C16H26N4O2. The summed E-state index contributed by atoms with van der Waals surface area (Å²) in [4.78, 5) is 18.2. The zero-order valence-corrected chi connectivity index (χ0v) is 13.9. The number of nitrogens with zero attached hydrogens (tertiary/aromatic N) is 3. The number of imidazole rings is 1. The van der Waals surface area contributed by atoms with Gasteiger partial charge < -0.3 is 19.5 Å². The zero-order valence-electron chi connectivity index (χ0n) is 13.9. The second-order valence-corrected chi connectivity index (χ2v) is 7.44. The number of nitrogens with one attached hydrogen (secondary N) is 1. The average Bonchev–Trinajstić information content (AvgIpc) is 2.70. The van der Waals surface area contributed by atoms with Crippen LogP contribution in [0, 0.1) is 6.92 Å². The molecule has 0 bridgehead atoms. The van der Waals surface area contributed by atoms with Crippen molar-refractivity contribution >= 4 is 6.09 Å². The maximum atomic E-state index is 11.9. The van der Waals surface area contributed by atoms with E-state index in [9.17, 15) is 4.79 Å². The molecule has 3 heterocycles. The molecule has 2 aliphatic rings. The molecular weight excluding hydrogens is 280 g/mol. The van der Waals surface area contributed by atoms with Gasteiger partial charge in [0, 0.05) is 44.3 Å². The van der Waals surface area contributed by atoms with Crippen LogP contribution in [-0.2, 0) is 17.7 Å². The fourth-order valence-electron chi connectivity index (χ4n) is 3.12. The number of aryl methyl sites for hydroxylation is 2. The lowest BCUT2D eigenvalue weighted by Crippen LogP contribution is -2.63. The minimum absolute atomic E-state index is 0.207. The molecule has 22 heavy (non-hydrogen) atoms. The first-order chi connectivity index (χ1) is 10.3. The fourth-order valence-corrected chi connectivity index (χ4v) is 3.12. The molecule has 122 valence electrons. The molecule has 1 aromatic rings. The van der Waals surface area contributed by atoms with Crippen molar-refractivity contribution < 1.29 is 9.53 Å². The predicted octanol–water partition coefficient (Wildman–Crippen LogP) is 1.72. The van der Waals surface area contributed by atoms with Crippen LogP contribution < -0.4 is 5.32 Å². The molecule has 1 N–H and O–H groups in total. The lowest BCUT2D eigenvalue weighted by atomic mass is 10.0. The summed E-state index contributed by atoms with van der Waals surface area (Å²) < 4.78 is 7.63. The van der Waals surface area contributed by atoms with Gasteiger partial charge in [-0.1, -0.05) is 0 Å². The highest BCUT2D eigenvalue weighted by molar-refractivity contribution is 5.69. The number of hydrogen-bond donors (Lipinski definition) is 1. The van der Waals surface area contributed by atoms with Gasteiger partial charge in [-0.2, -0.15) is 0 Å². The highest BCUT2D eigenvalue weighted by Crippen LogP contribution is 2.19. The molecule has 0 aliphatic carbocycles. The molecule has 0 spiro atoms.